The van der Waals surface area contributed by atoms with Gasteiger partial charge in [-0.05, 0) is 41.3 Å². The van der Waals surface area contributed by atoms with Crippen molar-refractivity contribution in [2.24, 2.45) is 11.0 Å². The zero-order valence-corrected chi connectivity index (χ0v) is 15.4. The Kier molecular flexibility index (Phi) is 6.14. The van der Waals surface area contributed by atoms with Crippen molar-refractivity contribution < 1.29 is 19.1 Å². The Hall–Kier alpha value is -3.51. The first-order chi connectivity index (χ1) is 13.6. The quantitative estimate of drug-likeness (QED) is 0.338. The van der Waals surface area contributed by atoms with Gasteiger partial charge in [-0.1, -0.05) is 35.4 Å². The molecule has 1 fully saturated rings. The molecule has 2 aromatic carbocycles. The van der Waals surface area contributed by atoms with Crippen LogP contribution in [0.15, 0.2) is 59.7 Å². The van der Waals surface area contributed by atoms with Crippen LogP contribution in [0.25, 0.3) is 10.4 Å². The summed E-state index contributed by atoms with van der Waals surface area (Å²) in [6.45, 7) is 1.24. The number of amides is 1. The molecule has 1 saturated heterocycles. The predicted octanol–water partition coefficient (Wildman–Crippen LogP) is 4.00. The van der Waals surface area contributed by atoms with Crippen LogP contribution in [0.4, 0.5) is 4.79 Å². The topological polar surface area (TPSA) is 105 Å². The Morgan fingerprint density at radius 2 is 1.86 bits per heavy atom. The van der Waals surface area contributed by atoms with E-state index in [1.807, 2.05) is 30.3 Å². The second-order valence-corrected chi connectivity index (χ2v) is 6.48. The van der Waals surface area contributed by atoms with Crippen molar-refractivity contribution in [3.63, 3.8) is 0 Å². The molecule has 0 aliphatic carbocycles. The summed E-state index contributed by atoms with van der Waals surface area (Å²) in [6, 6.07) is 16.0. The Morgan fingerprint density at radius 1 is 1.14 bits per heavy atom. The van der Waals surface area contributed by atoms with Crippen molar-refractivity contribution in [2.75, 3.05) is 26.7 Å². The largest absolute Gasteiger partial charge is 0.465 e. The van der Waals surface area contributed by atoms with E-state index in [2.05, 4.69) is 14.8 Å². The van der Waals surface area contributed by atoms with Gasteiger partial charge >= 0.3 is 12.1 Å². The number of likely N-dealkylation sites (tertiary alicyclic amines) is 1. The van der Waals surface area contributed by atoms with E-state index in [-0.39, 0.29) is 11.8 Å². The van der Waals surface area contributed by atoms with Crippen LogP contribution >= 0.6 is 0 Å². The Morgan fingerprint density at radius 3 is 2.50 bits per heavy atom. The number of benzene rings is 2. The zero-order chi connectivity index (χ0) is 19.9. The van der Waals surface area contributed by atoms with Crippen molar-refractivity contribution in [3.05, 3.63) is 76.2 Å². The molecule has 144 valence electrons. The van der Waals surface area contributed by atoms with Gasteiger partial charge in [-0.25, -0.2) is 9.59 Å². The first kappa shape index (κ1) is 19.3. The van der Waals surface area contributed by atoms with Crippen LogP contribution in [0.3, 0.4) is 0 Å². The van der Waals surface area contributed by atoms with Crippen LogP contribution in [0.2, 0.25) is 0 Å². The third-order valence-electron chi connectivity index (χ3n) is 4.79. The molecule has 1 heterocycles. The van der Waals surface area contributed by atoms with Gasteiger partial charge in [-0.2, -0.15) is 0 Å². The number of ether oxygens (including phenoxy) is 2. The van der Waals surface area contributed by atoms with Gasteiger partial charge in [0.05, 0.1) is 12.7 Å². The lowest BCUT2D eigenvalue weighted by Crippen LogP contribution is -2.31. The summed E-state index contributed by atoms with van der Waals surface area (Å²) in [6.07, 6.45) is -0.477. The van der Waals surface area contributed by atoms with E-state index in [4.69, 9.17) is 10.3 Å². The van der Waals surface area contributed by atoms with Gasteiger partial charge < -0.3 is 14.4 Å². The average Bonchev–Trinajstić information content (AvgIpc) is 3.17. The fraction of sp³-hybridized carbons (Fsp3) is 0.300. The maximum atomic E-state index is 12.6. The number of hydrogen-bond donors (Lipinski definition) is 0. The standard InChI is InChI=1S/C20H20N4O4/c1-27-19(25)15-7-9-17(10-8-15)28-20(26)24-12-16(11-22-23-21)18(13-24)14-5-3-2-4-6-14/h2-10,16,18H,11-13H2,1H3/t16-,18+/m0/s1. The molecule has 8 heteroatoms. The second-order valence-electron chi connectivity index (χ2n) is 6.48. The zero-order valence-electron chi connectivity index (χ0n) is 15.4. The molecule has 3 rings (SSSR count). The fourth-order valence-electron chi connectivity index (χ4n) is 3.37. The minimum atomic E-state index is -0.477. The predicted molar refractivity (Wildman–Crippen MR) is 102 cm³/mol. The van der Waals surface area contributed by atoms with E-state index >= 15 is 0 Å². The summed E-state index contributed by atoms with van der Waals surface area (Å²) >= 11 is 0. The highest BCUT2D eigenvalue weighted by Crippen LogP contribution is 2.33. The van der Waals surface area contributed by atoms with Crippen LogP contribution < -0.4 is 4.74 Å². The smallest absolute Gasteiger partial charge is 0.415 e. The number of carbonyl (C=O) groups is 2. The van der Waals surface area contributed by atoms with Crippen molar-refractivity contribution in [1.29, 1.82) is 0 Å². The van der Waals surface area contributed by atoms with E-state index in [0.29, 0.717) is 30.9 Å². The summed E-state index contributed by atoms with van der Waals surface area (Å²) < 4.78 is 10.1. The molecular formula is C20H20N4O4. The van der Waals surface area contributed by atoms with Crippen LogP contribution in [0, 0.1) is 5.92 Å². The van der Waals surface area contributed by atoms with Crippen LogP contribution in [0.5, 0.6) is 5.75 Å². The summed E-state index contributed by atoms with van der Waals surface area (Å²) in [4.78, 5) is 28.5. The molecule has 0 saturated carbocycles. The summed E-state index contributed by atoms with van der Waals surface area (Å²) in [7, 11) is 1.31. The lowest BCUT2D eigenvalue weighted by Gasteiger charge is -2.16. The molecule has 1 aliphatic heterocycles. The molecule has 2 atom stereocenters. The number of methoxy groups -OCH3 is 1. The van der Waals surface area contributed by atoms with Gasteiger partial charge in [0.1, 0.15) is 5.75 Å². The van der Waals surface area contributed by atoms with Gasteiger partial charge in [0.15, 0.2) is 0 Å². The summed E-state index contributed by atoms with van der Waals surface area (Å²) in [5.41, 5.74) is 10.1. The maximum absolute atomic E-state index is 12.6. The van der Waals surface area contributed by atoms with E-state index < -0.39 is 12.1 Å². The molecule has 8 nitrogen and oxygen atoms in total. The summed E-state index contributed by atoms with van der Waals surface area (Å²) in [5.74, 6) is -0.0232. The molecule has 0 unspecified atom stereocenters. The van der Waals surface area contributed by atoms with Crippen molar-refractivity contribution in [3.8, 4) is 5.75 Å². The average molecular weight is 380 g/mol. The monoisotopic (exact) mass is 380 g/mol. The van der Waals surface area contributed by atoms with E-state index in [1.54, 1.807) is 17.0 Å². The summed E-state index contributed by atoms with van der Waals surface area (Å²) in [5, 5.41) is 3.70. The maximum Gasteiger partial charge on any atom is 0.415 e. The minimum absolute atomic E-state index is 0.0209. The number of carbonyl (C=O) groups excluding carboxylic acids is 2. The van der Waals surface area contributed by atoms with Gasteiger partial charge in [0, 0.05) is 30.5 Å². The lowest BCUT2D eigenvalue weighted by molar-refractivity contribution is 0.0600. The van der Waals surface area contributed by atoms with Crippen LogP contribution in [-0.2, 0) is 4.74 Å². The molecule has 1 amide bonds. The Labute approximate surface area is 162 Å². The molecule has 0 spiro atoms. The number of nitrogens with zero attached hydrogens (tertiary/aromatic N) is 4. The van der Waals surface area contributed by atoms with Crippen molar-refractivity contribution >= 4 is 12.1 Å². The molecule has 1 aliphatic rings. The molecule has 28 heavy (non-hydrogen) atoms. The molecular weight excluding hydrogens is 360 g/mol. The number of rotatable bonds is 5. The van der Waals surface area contributed by atoms with Crippen molar-refractivity contribution in [1.82, 2.24) is 4.90 Å². The normalized spacial score (nSPS) is 18.2. The fourth-order valence-corrected chi connectivity index (χ4v) is 3.37. The van der Waals surface area contributed by atoms with E-state index in [0.717, 1.165) is 5.56 Å². The van der Waals surface area contributed by atoms with E-state index in [9.17, 15) is 9.59 Å². The highest BCUT2D eigenvalue weighted by molar-refractivity contribution is 5.89. The Bertz CT molecular complexity index is 879. The Balaban J connectivity index is 1.69. The third-order valence-corrected chi connectivity index (χ3v) is 4.79. The van der Waals surface area contributed by atoms with Crippen LogP contribution in [-0.4, -0.2) is 43.7 Å². The van der Waals surface area contributed by atoms with Gasteiger partial charge in [0.25, 0.3) is 0 Å². The van der Waals surface area contributed by atoms with E-state index in [1.165, 1.54) is 19.2 Å². The van der Waals surface area contributed by atoms with Crippen LogP contribution in [0.1, 0.15) is 21.8 Å². The first-order valence-corrected chi connectivity index (χ1v) is 8.83. The second kappa shape index (κ2) is 8.92. The SMILES string of the molecule is COC(=O)c1ccc(OC(=O)N2C[C@H](CN=[N+]=[N-])[C@@H](c3ccccc3)C2)cc1. The van der Waals surface area contributed by atoms with Gasteiger partial charge in [0.2, 0.25) is 0 Å². The van der Waals surface area contributed by atoms with Gasteiger partial charge in [-0.15, -0.1) is 0 Å². The first-order valence-electron chi connectivity index (χ1n) is 8.83. The molecule has 2 aromatic rings. The van der Waals surface area contributed by atoms with Gasteiger partial charge in [-0.3, -0.25) is 0 Å². The molecule has 0 bridgehead atoms. The third kappa shape index (κ3) is 4.42. The highest BCUT2D eigenvalue weighted by Gasteiger charge is 2.36. The number of esters is 1. The van der Waals surface area contributed by atoms with Crippen molar-refractivity contribution in [2.45, 2.75) is 5.92 Å². The molecule has 0 aromatic heterocycles. The lowest BCUT2D eigenvalue weighted by atomic mass is 9.89. The minimum Gasteiger partial charge on any atom is -0.465 e. The highest BCUT2D eigenvalue weighted by atomic mass is 16.6. The molecule has 0 radical (unpaired) electrons. The number of hydrogen-bond acceptors (Lipinski definition) is 5. The number of azide groups is 1. The molecule has 0 N–H and O–H groups in total.